The van der Waals surface area contributed by atoms with Crippen molar-refractivity contribution in [2.24, 2.45) is 0 Å². The summed E-state index contributed by atoms with van der Waals surface area (Å²) in [7, 11) is 0. The molecule has 0 saturated carbocycles. The Bertz CT molecular complexity index is 571. The predicted molar refractivity (Wildman–Crippen MR) is 60.5 cm³/mol. The molecule has 0 bridgehead atoms. The zero-order valence-corrected chi connectivity index (χ0v) is 9.84. The molecule has 0 aliphatic heterocycles. The Labute approximate surface area is 103 Å². The molecule has 0 atom stereocenters. The predicted octanol–water partition coefficient (Wildman–Crippen LogP) is 3.48. The molecule has 0 aliphatic rings. The van der Waals surface area contributed by atoms with Crippen LogP contribution in [-0.4, -0.2) is 11.3 Å². The van der Waals surface area contributed by atoms with Gasteiger partial charge in [0.1, 0.15) is 5.75 Å². The first-order valence-corrected chi connectivity index (χ1v) is 5.25. The molecule has 0 aliphatic carbocycles. The SMILES string of the molecule is Nc1c(Br)cnc2ccc(OC(F)(F)F)cc12. The van der Waals surface area contributed by atoms with Crippen LogP contribution in [0.5, 0.6) is 5.75 Å². The summed E-state index contributed by atoms with van der Waals surface area (Å²) in [6.45, 7) is 0. The molecule has 1 aromatic carbocycles. The van der Waals surface area contributed by atoms with Crippen LogP contribution in [0.1, 0.15) is 0 Å². The molecule has 17 heavy (non-hydrogen) atoms. The monoisotopic (exact) mass is 306 g/mol. The second kappa shape index (κ2) is 4.06. The molecule has 2 N–H and O–H groups in total. The average molecular weight is 307 g/mol. The van der Waals surface area contributed by atoms with Crippen LogP contribution < -0.4 is 10.5 Å². The van der Waals surface area contributed by atoms with Gasteiger partial charge >= 0.3 is 6.36 Å². The molecule has 0 spiro atoms. The molecule has 7 heteroatoms. The fourth-order valence-corrected chi connectivity index (χ4v) is 1.68. The summed E-state index contributed by atoms with van der Waals surface area (Å²) >= 11 is 3.15. The highest BCUT2D eigenvalue weighted by Gasteiger charge is 2.31. The summed E-state index contributed by atoms with van der Waals surface area (Å²) in [6.07, 6.45) is -3.23. The molecule has 0 amide bonds. The fourth-order valence-electron chi connectivity index (χ4n) is 1.36. The number of nitrogens with two attached hydrogens (primary N) is 1. The number of rotatable bonds is 1. The van der Waals surface area contributed by atoms with Crippen molar-refractivity contribution in [3.8, 4) is 5.75 Å². The third-order valence-corrected chi connectivity index (χ3v) is 2.70. The Hall–Kier alpha value is -1.50. The number of nitrogen functional groups attached to an aromatic ring is 1. The van der Waals surface area contributed by atoms with Gasteiger partial charge in [-0.05, 0) is 34.1 Å². The minimum Gasteiger partial charge on any atom is -0.406 e. The summed E-state index contributed by atoms with van der Waals surface area (Å²) in [5.74, 6) is -0.323. The van der Waals surface area contributed by atoms with Crippen LogP contribution in [0.25, 0.3) is 10.9 Å². The van der Waals surface area contributed by atoms with Gasteiger partial charge in [-0.15, -0.1) is 13.2 Å². The van der Waals surface area contributed by atoms with Crippen LogP contribution in [0.15, 0.2) is 28.9 Å². The molecule has 3 nitrogen and oxygen atoms in total. The van der Waals surface area contributed by atoms with E-state index in [1.165, 1.54) is 24.4 Å². The topological polar surface area (TPSA) is 48.1 Å². The van der Waals surface area contributed by atoms with E-state index >= 15 is 0 Å². The molecule has 1 aromatic heterocycles. The second-order valence-electron chi connectivity index (χ2n) is 3.25. The van der Waals surface area contributed by atoms with Crippen LogP contribution in [0, 0.1) is 0 Å². The lowest BCUT2D eigenvalue weighted by Crippen LogP contribution is -2.17. The van der Waals surface area contributed by atoms with Gasteiger partial charge in [0.15, 0.2) is 0 Å². The number of aromatic nitrogens is 1. The molecular weight excluding hydrogens is 301 g/mol. The number of alkyl halides is 3. The van der Waals surface area contributed by atoms with Gasteiger partial charge in [-0.2, -0.15) is 0 Å². The maximum atomic E-state index is 12.0. The molecule has 0 unspecified atom stereocenters. The van der Waals surface area contributed by atoms with Gasteiger partial charge in [-0.3, -0.25) is 4.98 Å². The highest BCUT2D eigenvalue weighted by Crippen LogP contribution is 2.31. The molecule has 0 saturated heterocycles. The van der Waals surface area contributed by atoms with E-state index in [0.29, 0.717) is 21.1 Å². The number of pyridine rings is 1. The summed E-state index contributed by atoms with van der Waals surface area (Å²) in [6, 6.07) is 3.81. The Morgan fingerprint density at radius 3 is 2.65 bits per heavy atom. The summed E-state index contributed by atoms with van der Waals surface area (Å²) in [5, 5.41) is 0.404. The number of fused-ring (bicyclic) bond motifs is 1. The molecular formula is C10H6BrF3N2O. The van der Waals surface area contributed by atoms with Gasteiger partial charge in [-0.25, -0.2) is 0 Å². The number of nitrogens with zero attached hydrogens (tertiary/aromatic N) is 1. The summed E-state index contributed by atoms with van der Waals surface area (Å²) < 4.78 is 40.5. The first-order valence-electron chi connectivity index (χ1n) is 4.46. The molecule has 1 heterocycles. The maximum absolute atomic E-state index is 12.0. The maximum Gasteiger partial charge on any atom is 0.573 e. The lowest BCUT2D eigenvalue weighted by molar-refractivity contribution is -0.274. The van der Waals surface area contributed by atoms with Crippen molar-refractivity contribution in [2.75, 3.05) is 5.73 Å². The van der Waals surface area contributed by atoms with Crippen LogP contribution in [-0.2, 0) is 0 Å². The molecule has 0 fully saturated rings. The zero-order chi connectivity index (χ0) is 12.6. The third-order valence-electron chi connectivity index (χ3n) is 2.07. The number of hydrogen-bond acceptors (Lipinski definition) is 3. The van der Waals surface area contributed by atoms with Gasteiger partial charge in [0, 0.05) is 11.6 Å². The van der Waals surface area contributed by atoms with Gasteiger partial charge in [0.25, 0.3) is 0 Å². The van der Waals surface area contributed by atoms with Gasteiger partial charge in [-0.1, -0.05) is 0 Å². The van der Waals surface area contributed by atoms with Gasteiger partial charge < -0.3 is 10.5 Å². The third kappa shape index (κ3) is 2.60. The Balaban J connectivity index is 2.53. The zero-order valence-electron chi connectivity index (χ0n) is 8.25. The minimum atomic E-state index is -4.72. The first-order chi connectivity index (χ1) is 7.87. The smallest absolute Gasteiger partial charge is 0.406 e. The standard InChI is InChI=1S/C10H6BrF3N2O/c11-7-4-16-8-2-1-5(17-10(12,13)14)3-6(8)9(7)15/h1-4H,(H2,15,16). The van der Waals surface area contributed by atoms with Crippen molar-refractivity contribution in [1.29, 1.82) is 0 Å². The van der Waals surface area contributed by atoms with E-state index in [1.807, 2.05) is 0 Å². The van der Waals surface area contributed by atoms with Crippen LogP contribution in [0.2, 0.25) is 0 Å². The van der Waals surface area contributed by atoms with E-state index in [1.54, 1.807) is 0 Å². The Kier molecular flexibility index (Phi) is 2.86. The van der Waals surface area contributed by atoms with Crippen molar-refractivity contribution >= 4 is 32.5 Å². The van der Waals surface area contributed by atoms with E-state index in [4.69, 9.17) is 5.73 Å². The van der Waals surface area contributed by atoms with Crippen molar-refractivity contribution in [1.82, 2.24) is 4.98 Å². The number of anilines is 1. The highest BCUT2D eigenvalue weighted by atomic mass is 79.9. The first kappa shape index (κ1) is 12.0. The quantitative estimate of drug-likeness (QED) is 0.877. The van der Waals surface area contributed by atoms with E-state index in [9.17, 15) is 13.2 Å². The van der Waals surface area contributed by atoms with E-state index in [0.717, 1.165) is 0 Å². The molecule has 90 valence electrons. The van der Waals surface area contributed by atoms with Gasteiger partial charge in [0.05, 0.1) is 15.7 Å². The van der Waals surface area contributed by atoms with Crippen molar-refractivity contribution < 1.29 is 17.9 Å². The van der Waals surface area contributed by atoms with E-state index in [-0.39, 0.29) is 5.75 Å². The van der Waals surface area contributed by atoms with Gasteiger partial charge in [0.2, 0.25) is 0 Å². The Morgan fingerprint density at radius 1 is 1.29 bits per heavy atom. The van der Waals surface area contributed by atoms with Crippen LogP contribution in [0.3, 0.4) is 0 Å². The van der Waals surface area contributed by atoms with Crippen LogP contribution in [0.4, 0.5) is 18.9 Å². The lowest BCUT2D eigenvalue weighted by Gasteiger charge is -2.10. The van der Waals surface area contributed by atoms with Crippen molar-refractivity contribution in [3.63, 3.8) is 0 Å². The molecule has 0 radical (unpaired) electrons. The molecule has 2 rings (SSSR count). The lowest BCUT2D eigenvalue weighted by atomic mass is 10.2. The second-order valence-corrected chi connectivity index (χ2v) is 4.10. The van der Waals surface area contributed by atoms with Crippen molar-refractivity contribution in [3.05, 3.63) is 28.9 Å². The van der Waals surface area contributed by atoms with Crippen molar-refractivity contribution in [2.45, 2.75) is 6.36 Å². The largest absolute Gasteiger partial charge is 0.573 e. The summed E-state index contributed by atoms with van der Waals surface area (Å²) in [4.78, 5) is 4.02. The summed E-state index contributed by atoms with van der Waals surface area (Å²) in [5.41, 5.74) is 6.55. The average Bonchev–Trinajstić information content (AvgIpc) is 2.22. The molecule has 2 aromatic rings. The Morgan fingerprint density at radius 2 is 2.00 bits per heavy atom. The highest BCUT2D eigenvalue weighted by molar-refractivity contribution is 9.10. The fraction of sp³-hybridized carbons (Fsp3) is 0.100. The normalized spacial score (nSPS) is 11.8. The number of halogens is 4. The minimum absolute atomic E-state index is 0.322. The van der Waals surface area contributed by atoms with E-state index in [2.05, 4.69) is 25.7 Å². The number of hydrogen-bond donors (Lipinski definition) is 1. The van der Waals surface area contributed by atoms with Crippen LogP contribution >= 0.6 is 15.9 Å². The number of benzene rings is 1. The van der Waals surface area contributed by atoms with E-state index < -0.39 is 6.36 Å². The number of ether oxygens (including phenoxy) is 1.